The molecule has 4 rings (SSSR count). The van der Waals surface area contributed by atoms with Gasteiger partial charge in [0.25, 0.3) is 0 Å². The lowest BCUT2D eigenvalue weighted by molar-refractivity contribution is -0.126. The third-order valence-electron chi connectivity index (χ3n) is 5.57. The van der Waals surface area contributed by atoms with Gasteiger partial charge in [0, 0.05) is 42.3 Å². The Kier molecular flexibility index (Phi) is 5.25. The smallest absolute Gasteiger partial charge is 0.227 e. The first-order chi connectivity index (χ1) is 14.1. The highest BCUT2D eigenvalue weighted by Crippen LogP contribution is 2.28. The Morgan fingerprint density at radius 2 is 2.10 bits per heavy atom. The molecule has 1 atom stereocenters. The summed E-state index contributed by atoms with van der Waals surface area (Å²) in [4.78, 5) is 30.0. The number of aromatic nitrogens is 1. The Balaban J connectivity index is 1.36. The molecule has 2 aromatic carbocycles. The Morgan fingerprint density at radius 3 is 2.90 bits per heavy atom. The van der Waals surface area contributed by atoms with Crippen LogP contribution < -0.4 is 15.0 Å². The number of H-pyrrole nitrogens is 1. The second-order valence-electron chi connectivity index (χ2n) is 7.46. The topological polar surface area (TPSA) is 74.4 Å². The number of amides is 2. The van der Waals surface area contributed by atoms with Gasteiger partial charge in [0.05, 0.1) is 13.0 Å². The van der Waals surface area contributed by atoms with Crippen LogP contribution in [0.15, 0.2) is 48.7 Å². The number of hydrogen-bond acceptors (Lipinski definition) is 3. The molecule has 1 aromatic heterocycles. The van der Waals surface area contributed by atoms with Gasteiger partial charge >= 0.3 is 0 Å². The molecule has 1 unspecified atom stereocenters. The van der Waals surface area contributed by atoms with Crippen molar-refractivity contribution in [2.75, 3.05) is 25.1 Å². The summed E-state index contributed by atoms with van der Waals surface area (Å²) in [6, 6.07) is 13.7. The number of nitrogens with zero attached hydrogens (tertiary/aromatic N) is 1. The van der Waals surface area contributed by atoms with Crippen LogP contribution >= 0.6 is 0 Å². The summed E-state index contributed by atoms with van der Waals surface area (Å²) in [5, 5.41) is 4.10. The van der Waals surface area contributed by atoms with Crippen LogP contribution in [0.2, 0.25) is 0 Å². The lowest BCUT2D eigenvalue weighted by Gasteiger charge is -2.19. The van der Waals surface area contributed by atoms with E-state index in [9.17, 15) is 9.59 Å². The quantitative estimate of drug-likeness (QED) is 0.678. The van der Waals surface area contributed by atoms with Crippen molar-refractivity contribution < 1.29 is 14.3 Å². The van der Waals surface area contributed by atoms with E-state index in [0.29, 0.717) is 19.5 Å². The third kappa shape index (κ3) is 3.83. The van der Waals surface area contributed by atoms with Crippen molar-refractivity contribution in [2.24, 2.45) is 5.92 Å². The molecule has 1 fully saturated rings. The summed E-state index contributed by atoms with van der Waals surface area (Å²) in [6.45, 7) is 2.93. The van der Waals surface area contributed by atoms with Gasteiger partial charge in [-0.25, -0.2) is 0 Å². The molecule has 150 valence electrons. The SMILES string of the molecule is COc1ccc2[nH]cc(CCNC(=O)C3CC(=O)N(c4ccccc4C)C3)c2c1. The van der Waals surface area contributed by atoms with E-state index in [4.69, 9.17) is 4.74 Å². The fourth-order valence-corrected chi connectivity index (χ4v) is 3.94. The van der Waals surface area contributed by atoms with Gasteiger partial charge in [-0.2, -0.15) is 0 Å². The number of methoxy groups -OCH3 is 1. The summed E-state index contributed by atoms with van der Waals surface area (Å²) in [7, 11) is 1.65. The minimum atomic E-state index is -0.315. The maximum atomic E-state index is 12.6. The van der Waals surface area contributed by atoms with E-state index in [0.717, 1.165) is 33.5 Å². The zero-order valence-corrected chi connectivity index (χ0v) is 16.7. The summed E-state index contributed by atoms with van der Waals surface area (Å²) in [5.41, 5.74) is 4.10. The predicted octanol–water partition coefficient (Wildman–Crippen LogP) is 3.20. The minimum absolute atomic E-state index is 0.00294. The molecule has 1 aliphatic heterocycles. The van der Waals surface area contributed by atoms with Crippen molar-refractivity contribution >= 4 is 28.4 Å². The first-order valence-electron chi connectivity index (χ1n) is 9.84. The van der Waals surface area contributed by atoms with Crippen molar-refractivity contribution in [3.8, 4) is 5.75 Å². The molecular formula is C23H25N3O3. The van der Waals surface area contributed by atoms with Crippen molar-refractivity contribution in [3.05, 3.63) is 59.8 Å². The maximum absolute atomic E-state index is 12.6. The van der Waals surface area contributed by atoms with Gasteiger partial charge in [0.2, 0.25) is 11.8 Å². The number of carbonyl (C=O) groups excluding carboxylic acids is 2. The van der Waals surface area contributed by atoms with Crippen LogP contribution in [0, 0.1) is 12.8 Å². The van der Waals surface area contributed by atoms with Crippen LogP contribution in [0.5, 0.6) is 5.75 Å². The average molecular weight is 391 g/mol. The summed E-state index contributed by atoms with van der Waals surface area (Å²) >= 11 is 0. The fourth-order valence-electron chi connectivity index (χ4n) is 3.94. The summed E-state index contributed by atoms with van der Waals surface area (Å²) in [5.74, 6) is 0.434. The minimum Gasteiger partial charge on any atom is -0.497 e. The number of ether oxygens (including phenoxy) is 1. The number of carbonyl (C=O) groups is 2. The number of hydrogen-bond donors (Lipinski definition) is 2. The molecule has 3 aromatic rings. The van der Waals surface area contributed by atoms with Gasteiger partial charge in [-0.1, -0.05) is 18.2 Å². The molecule has 2 amide bonds. The molecule has 0 aliphatic carbocycles. The predicted molar refractivity (Wildman–Crippen MR) is 113 cm³/mol. The largest absolute Gasteiger partial charge is 0.497 e. The van der Waals surface area contributed by atoms with E-state index in [1.807, 2.05) is 55.6 Å². The molecule has 1 aliphatic rings. The first kappa shape index (κ1) is 19.1. The van der Waals surface area contributed by atoms with Crippen molar-refractivity contribution in [3.63, 3.8) is 0 Å². The number of para-hydroxylation sites is 1. The Hall–Kier alpha value is -3.28. The number of aryl methyl sites for hydroxylation is 1. The number of aromatic amines is 1. The van der Waals surface area contributed by atoms with Crippen molar-refractivity contribution in [1.29, 1.82) is 0 Å². The van der Waals surface area contributed by atoms with Gasteiger partial charge in [-0.05, 0) is 48.7 Å². The van der Waals surface area contributed by atoms with Gasteiger partial charge in [-0.3, -0.25) is 9.59 Å². The second-order valence-corrected chi connectivity index (χ2v) is 7.46. The highest BCUT2D eigenvalue weighted by Gasteiger charge is 2.35. The highest BCUT2D eigenvalue weighted by atomic mass is 16.5. The number of rotatable bonds is 6. The zero-order chi connectivity index (χ0) is 20.4. The highest BCUT2D eigenvalue weighted by molar-refractivity contribution is 6.00. The van der Waals surface area contributed by atoms with Crippen LogP contribution in [-0.2, 0) is 16.0 Å². The molecule has 0 saturated carbocycles. The molecule has 1 saturated heterocycles. The molecule has 0 bridgehead atoms. The molecule has 29 heavy (non-hydrogen) atoms. The van der Waals surface area contributed by atoms with Gasteiger partial charge in [0.1, 0.15) is 5.75 Å². The monoisotopic (exact) mass is 391 g/mol. The number of benzene rings is 2. The first-order valence-corrected chi connectivity index (χ1v) is 9.84. The van der Waals surface area contributed by atoms with Crippen LogP contribution in [0.3, 0.4) is 0 Å². The van der Waals surface area contributed by atoms with E-state index >= 15 is 0 Å². The van der Waals surface area contributed by atoms with Crippen LogP contribution in [0.25, 0.3) is 10.9 Å². The molecule has 6 heteroatoms. The molecule has 0 spiro atoms. The average Bonchev–Trinajstić information content (AvgIpc) is 3.31. The summed E-state index contributed by atoms with van der Waals surface area (Å²) in [6.07, 6.45) is 2.93. The molecule has 6 nitrogen and oxygen atoms in total. The molecule has 2 heterocycles. The molecule has 0 radical (unpaired) electrons. The van der Waals surface area contributed by atoms with Gasteiger partial charge in [-0.15, -0.1) is 0 Å². The third-order valence-corrected chi connectivity index (χ3v) is 5.57. The standard InChI is InChI=1S/C23H25N3O3/c1-15-5-3-4-6-21(15)26-14-17(11-22(26)27)23(28)24-10-9-16-13-25-20-8-7-18(29-2)12-19(16)20/h3-8,12-13,17,25H,9-11,14H2,1-2H3,(H,24,28). The zero-order valence-electron chi connectivity index (χ0n) is 16.7. The van der Waals surface area contributed by atoms with E-state index in [-0.39, 0.29) is 24.2 Å². The number of fused-ring (bicyclic) bond motifs is 1. The number of anilines is 1. The lowest BCUT2D eigenvalue weighted by atomic mass is 10.1. The Bertz CT molecular complexity index is 1060. The van der Waals surface area contributed by atoms with E-state index < -0.39 is 0 Å². The Morgan fingerprint density at radius 1 is 1.28 bits per heavy atom. The second kappa shape index (κ2) is 7.99. The molecule has 2 N–H and O–H groups in total. The van der Waals surface area contributed by atoms with Crippen LogP contribution in [0.1, 0.15) is 17.5 Å². The maximum Gasteiger partial charge on any atom is 0.227 e. The Labute approximate surface area is 169 Å². The van der Waals surface area contributed by atoms with Gasteiger partial charge < -0.3 is 19.9 Å². The number of nitrogens with one attached hydrogen (secondary N) is 2. The van der Waals surface area contributed by atoms with Crippen LogP contribution in [-0.4, -0.2) is 37.0 Å². The lowest BCUT2D eigenvalue weighted by Crippen LogP contribution is -2.34. The fraction of sp³-hybridized carbons (Fsp3) is 0.304. The normalized spacial score (nSPS) is 16.4. The van der Waals surface area contributed by atoms with E-state index in [1.54, 1.807) is 12.0 Å². The van der Waals surface area contributed by atoms with Gasteiger partial charge in [0.15, 0.2) is 0 Å². The molecular weight excluding hydrogens is 366 g/mol. The van der Waals surface area contributed by atoms with Crippen LogP contribution in [0.4, 0.5) is 5.69 Å². The van der Waals surface area contributed by atoms with E-state index in [2.05, 4.69) is 10.3 Å². The van der Waals surface area contributed by atoms with Crippen molar-refractivity contribution in [2.45, 2.75) is 19.8 Å². The summed E-state index contributed by atoms with van der Waals surface area (Å²) < 4.78 is 5.30. The van der Waals surface area contributed by atoms with E-state index in [1.165, 1.54) is 0 Å². The van der Waals surface area contributed by atoms with Crippen molar-refractivity contribution in [1.82, 2.24) is 10.3 Å².